The molecule has 1 heterocycles. The van der Waals surface area contributed by atoms with Crippen molar-refractivity contribution < 1.29 is 14.5 Å². The minimum Gasteiger partial charge on any atom is -0.497 e. The number of nitro benzene ring substituents is 1. The summed E-state index contributed by atoms with van der Waals surface area (Å²) in [5.41, 5.74) is 4.45. The van der Waals surface area contributed by atoms with Crippen LogP contribution in [0.15, 0.2) is 89.1 Å². The molecule has 192 valence electrons. The van der Waals surface area contributed by atoms with Gasteiger partial charge in [-0.3, -0.25) is 19.5 Å². The van der Waals surface area contributed by atoms with Gasteiger partial charge in [-0.1, -0.05) is 35.5 Å². The van der Waals surface area contributed by atoms with E-state index in [0.29, 0.717) is 21.6 Å². The summed E-state index contributed by atoms with van der Waals surface area (Å²) in [5, 5.41) is 24.7. The highest BCUT2D eigenvalue weighted by Gasteiger charge is 2.17. The van der Waals surface area contributed by atoms with Crippen molar-refractivity contribution in [3.63, 3.8) is 0 Å². The molecule has 0 fully saturated rings. The summed E-state index contributed by atoms with van der Waals surface area (Å²) in [7, 11) is 1.60. The van der Waals surface area contributed by atoms with Crippen LogP contribution in [0.3, 0.4) is 0 Å². The Morgan fingerprint density at radius 1 is 1.13 bits per heavy atom. The van der Waals surface area contributed by atoms with Gasteiger partial charge >= 0.3 is 0 Å². The Kier molecular flexibility index (Phi) is 8.85. The van der Waals surface area contributed by atoms with Crippen LogP contribution in [0.4, 0.5) is 5.69 Å². The zero-order valence-electron chi connectivity index (χ0n) is 20.0. The number of para-hydroxylation sites is 1. The lowest BCUT2D eigenvalue weighted by Crippen LogP contribution is -2.19. The molecule has 12 heteroatoms. The van der Waals surface area contributed by atoms with E-state index < -0.39 is 4.92 Å². The standard InChI is InChI=1S/C26H21ClN6O4S/c1-37-22-14-8-19(9-15-22)25-30-31-26(32(25)21-12-10-20(27)11-13-21)38-17-24(34)29-28-16-4-6-18-5-2-3-7-23(18)33(35)36/h2-16H,17H2,1H3,(H,29,34). The molecule has 0 saturated heterocycles. The number of rotatable bonds is 10. The van der Waals surface area contributed by atoms with E-state index in [1.807, 2.05) is 41.0 Å². The monoisotopic (exact) mass is 548 g/mol. The highest BCUT2D eigenvalue weighted by Crippen LogP contribution is 2.29. The van der Waals surface area contributed by atoms with Gasteiger partial charge in [-0.25, -0.2) is 5.43 Å². The van der Waals surface area contributed by atoms with Gasteiger partial charge in [0.2, 0.25) is 0 Å². The van der Waals surface area contributed by atoms with E-state index in [1.54, 1.807) is 37.4 Å². The molecule has 0 atom stereocenters. The Balaban J connectivity index is 1.44. The van der Waals surface area contributed by atoms with Crippen molar-refractivity contribution >= 4 is 47.2 Å². The number of allylic oxidation sites excluding steroid dienone is 1. The fourth-order valence-corrected chi connectivity index (χ4v) is 4.24. The maximum Gasteiger partial charge on any atom is 0.276 e. The second-order valence-corrected chi connectivity index (χ2v) is 9.00. The summed E-state index contributed by atoms with van der Waals surface area (Å²) in [5.74, 6) is 0.979. The molecule has 1 amide bonds. The summed E-state index contributed by atoms with van der Waals surface area (Å²) in [6.07, 6.45) is 4.39. The first-order chi connectivity index (χ1) is 18.5. The normalized spacial score (nSPS) is 11.2. The summed E-state index contributed by atoms with van der Waals surface area (Å²) in [6.45, 7) is 0. The van der Waals surface area contributed by atoms with Crippen LogP contribution in [0.5, 0.6) is 5.75 Å². The van der Waals surface area contributed by atoms with Crippen LogP contribution in [0.25, 0.3) is 23.2 Å². The predicted octanol–water partition coefficient (Wildman–Crippen LogP) is 5.41. The predicted molar refractivity (Wildman–Crippen MR) is 148 cm³/mol. The third-order valence-corrected chi connectivity index (χ3v) is 6.34. The maximum atomic E-state index is 12.4. The fraction of sp³-hybridized carbons (Fsp3) is 0.0769. The van der Waals surface area contributed by atoms with Crippen LogP contribution < -0.4 is 10.2 Å². The first-order valence-corrected chi connectivity index (χ1v) is 12.5. The molecule has 4 rings (SSSR count). The lowest BCUT2D eigenvalue weighted by molar-refractivity contribution is -0.385. The number of carbonyl (C=O) groups is 1. The summed E-state index contributed by atoms with van der Waals surface area (Å²) < 4.78 is 7.08. The number of halogens is 1. The zero-order valence-corrected chi connectivity index (χ0v) is 21.6. The van der Waals surface area contributed by atoms with E-state index in [2.05, 4.69) is 20.7 Å². The smallest absolute Gasteiger partial charge is 0.276 e. The van der Waals surface area contributed by atoms with Gasteiger partial charge in [0.15, 0.2) is 11.0 Å². The third kappa shape index (κ3) is 6.64. The molecule has 10 nitrogen and oxygen atoms in total. The molecule has 0 spiro atoms. The highest BCUT2D eigenvalue weighted by molar-refractivity contribution is 7.99. The molecule has 0 aliphatic carbocycles. The lowest BCUT2D eigenvalue weighted by Gasteiger charge is -2.11. The number of aromatic nitrogens is 3. The molecule has 0 bridgehead atoms. The number of thioether (sulfide) groups is 1. The maximum absolute atomic E-state index is 12.4. The number of methoxy groups -OCH3 is 1. The van der Waals surface area contributed by atoms with Gasteiger partial charge in [-0.2, -0.15) is 5.10 Å². The first-order valence-electron chi connectivity index (χ1n) is 11.2. The zero-order chi connectivity index (χ0) is 26.9. The number of benzene rings is 3. The minimum absolute atomic E-state index is 0.0172. The van der Waals surface area contributed by atoms with E-state index in [4.69, 9.17) is 16.3 Å². The minimum atomic E-state index is -0.460. The lowest BCUT2D eigenvalue weighted by atomic mass is 10.2. The van der Waals surface area contributed by atoms with Gasteiger partial charge in [0.25, 0.3) is 11.6 Å². The van der Waals surface area contributed by atoms with E-state index in [0.717, 1.165) is 17.0 Å². The number of nitrogens with one attached hydrogen (secondary N) is 1. The average Bonchev–Trinajstić information content (AvgIpc) is 3.36. The van der Waals surface area contributed by atoms with Crippen molar-refractivity contribution in [2.75, 3.05) is 12.9 Å². The average molecular weight is 549 g/mol. The quantitative estimate of drug-likeness (QED) is 0.121. The van der Waals surface area contributed by atoms with E-state index in [1.165, 1.54) is 36.2 Å². The van der Waals surface area contributed by atoms with Crippen molar-refractivity contribution in [1.29, 1.82) is 0 Å². The molecular weight excluding hydrogens is 528 g/mol. The Hall–Kier alpha value is -4.48. The number of nitro groups is 1. The van der Waals surface area contributed by atoms with Crippen molar-refractivity contribution in [2.24, 2.45) is 5.10 Å². The SMILES string of the molecule is COc1ccc(-c2nnc(SCC(=O)NN=CC=Cc3ccccc3[N+](=O)[O-])n2-c2ccc(Cl)cc2)cc1. The highest BCUT2D eigenvalue weighted by atomic mass is 35.5. The van der Waals surface area contributed by atoms with Crippen molar-refractivity contribution in [1.82, 2.24) is 20.2 Å². The number of ether oxygens (including phenoxy) is 1. The molecule has 0 radical (unpaired) electrons. The summed E-state index contributed by atoms with van der Waals surface area (Å²) in [6, 6.07) is 21.0. The van der Waals surface area contributed by atoms with Crippen LogP contribution in [-0.4, -0.2) is 44.7 Å². The molecule has 3 aromatic carbocycles. The molecule has 4 aromatic rings. The van der Waals surface area contributed by atoms with E-state index in [-0.39, 0.29) is 17.3 Å². The van der Waals surface area contributed by atoms with Gasteiger partial charge < -0.3 is 4.74 Å². The Bertz CT molecular complexity index is 1490. The molecule has 0 unspecified atom stereocenters. The molecule has 0 aliphatic rings. The first kappa shape index (κ1) is 26.6. The molecule has 1 N–H and O–H groups in total. The van der Waals surface area contributed by atoms with Crippen LogP contribution in [0, 0.1) is 10.1 Å². The largest absolute Gasteiger partial charge is 0.497 e. The van der Waals surface area contributed by atoms with Gasteiger partial charge in [0, 0.05) is 28.6 Å². The Morgan fingerprint density at radius 3 is 2.58 bits per heavy atom. The van der Waals surface area contributed by atoms with Gasteiger partial charge in [-0.05, 0) is 66.7 Å². The van der Waals surface area contributed by atoms with E-state index in [9.17, 15) is 14.9 Å². The Labute approximate surface area is 227 Å². The Morgan fingerprint density at radius 2 is 1.87 bits per heavy atom. The third-order valence-electron chi connectivity index (χ3n) is 5.16. The van der Waals surface area contributed by atoms with Crippen LogP contribution >= 0.6 is 23.4 Å². The van der Waals surface area contributed by atoms with Crippen LogP contribution in [0.1, 0.15) is 5.56 Å². The number of carbonyl (C=O) groups excluding carboxylic acids is 1. The van der Waals surface area contributed by atoms with Crippen LogP contribution in [-0.2, 0) is 4.79 Å². The van der Waals surface area contributed by atoms with Crippen LogP contribution in [0.2, 0.25) is 5.02 Å². The number of hydrogen-bond donors (Lipinski definition) is 1. The number of hydrogen-bond acceptors (Lipinski definition) is 8. The van der Waals surface area contributed by atoms with Crippen molar-refractivity contribution in [2.45, 2.75) is 5.16 Å². The number of amides is 1. The number of hydrazone groups is 1. The second-order valence-electron chi connectivity index (χ2n) is 7.62. The molecule has 0 saturated carbocycles. The number of nitrogens with zero attached hydrogens (tertiary/aromatic N) is 5. The van der Waals surface area contributed by atoms with Crippen molar-refractivity contribution in [3.05, 3.63) is 99.6 Å². The van der Waals surface area contributed by atoms with Gasteiger partial charge in [-0.15, -0.1) is 10.2 Å². The van der Waals surface area contributed by atoms with E-state index >= 15 is 0 Å². The fourth-order valence-electron chi connectivity index (χ4n) is 3.37. The molecule has 1 aromatic heterocycles. The molecular formula is C26H21ClN6O4S. The molecule has 0 aliphatic heterocycles. The molecule has 38 heavy (non-hydrogen) atoms. The topological polar surface area (TPSA) is 125 Å². The summed E-state index contributed by atoms with van der Waals surface area (Å²) in [4.78, 5) is 23.0. The van der Waals surface area contributed by atoms with Crippen molar-refractivity contribution in [3.8, 4) is 22.8 Å². The van der Waals surface area contributed by atoms with Gasteiger partial charge in [0.1, 0.15) is 5.75 Å². The second kappa shape index (κ2) is 12.7. The van der Waals surface area contributed by atoms with Gasteiger partial charge in [0.05, 0.1) is 23.3 Å². The summed E-state index contributed by atoms with van der Waals surface area (Å²) >= 11 is 7.27.